The minimum absolute atomic E-state index is 0.0577. The van der Waals surface area contributed by atoms with Crippen LogP contribution in [0.25, 0.3) is 0 Å². The van der Waals surface area contributed by atoms with Crippen LogP contribution in [-0.2, 0) is 11.2 Å². The van der Waals surface area contributed by atoms with Gasteiger partial charge in [-0.1, -0.05) is 43.3 Å². The molecule has 0 unspecified atom stereocenters. The van der Waals surface area contributed by atoms with E-state index < -0.39 is 0 Å². The number of aryl methyl sites for hydroxylation is 1. The summed E-state index contributed by atoms with van der Waals surface area (Å²) in [6, 6.07) is 18.0. The van der Waals surface area contributed by atoms with Crippen LogP contribution in [0.1, 0.15) is 12.5 Å². The van der Waals surface area contributed by atoms with Gasteiger partial charge in [0.1, 0.15) is 5.75 Å². The smallest absolute Gasteiger partial charge is 0.260 e. The molecule has 1 aliphatic heterocycles. The van der Waals surface area contributed by atoms with Crippen molar-refractivity contribution in [2.45, 2.75) is 13.3 Å². The fourth-order valence-electron chi connectivity index (χ4n) is 3.07. The van der Waals surface area contributed by atoms with Crippen molar-refractivity contribution >= 4 is 11.6 Å². The zero-order valence-electron chi connectivity index (χ0n) is 14.1. The third-order valence-electron chi connectivity index (χ3n) is 4.45. The number of para-hydroxylation sites is 2. The summed E-state index contributed by atoms with van der Waals surface area (Å²) in [7, 11) is 0. The normalized spacial score (nSPS) is 14.5. The second-order valence-corrected chi connectivity index (χ2v) is 5.95. The molecular weight excluding hydrogens is 300 g/mol. The molecular formula is C20H24N2O2. The van der Waals surface area contributed by atoms with Gasteiger partial charge in [0.05, 0.1) is 0 Å². The molecule has 1 fully saturated rings. The van der Waals surface area contributed by atoms with Crippen molar-refractivity contribution in [3.05, 3.63) is 60.2 Å². The maximum Gasteiger partial charge on any atom is 0.260 e. The van der Waals surface area contributed by atoms with E-state index in [2.05, 4.69) is 36.1 Å². The molecule has 0 N–H and O–H groups in total. The lowest BCUT2D eigenvalue weighted by Gasteiger charge is -2.37. The Bertz CT molecular complexity index is 664. The summed E-state index contributed by atoms with van der Waals surface area (Å²) in [5, 5.41) is 0. The summed E-state index contributed by atoms with van der Waals surface area (Å²) >= 11 is 0. The van der Waals surface area contributed by atoms with Crippen molar-refractivity contribution in [3.63, 3.8) is 0 Å². The topological polar surface area (TPSA) is 32.8 Å². The van der Waals surface area contributed by atoms with Gasteiger partial charge in [0.25, 0.3) is 5.91 Å². The van der Waals surface area contributed by atoms with E-state index in [1.54, 1.807) is 0 Å². The Hall–Kier alpha value is -2.49. The maximum absolute atomic E-state index is 12.3. The Morgan fingerprint density at radius 1 is 0.958 bits per heavy atom. The number of hydrogen-bond donors (Lipinski definition) is 0. The third-order valence-corrected chi connectivity index (χ3v) is 4.45. The Kier molecular flexibility index (Phi) is 5.36. The molecule has 1 heterocycles. The lowest BCUT2D eigenvalue weighted by molar-refractivity contribution is -0.133. The van der Waals surface area contributed by atoms with Gasteiger partial charge in [-0.25, -0.2) is 0 Å². The molecule has 1 saturated heterocycles. The van der Waals surface area contributed by atoms with Crippen LogP contribution in [0.2, 0.25) is 0 Å². The summed E-state index contributed by atoms with van der Waals surface area (Å²) in [6.45, 7) is 5.52. The minimum Gasteiger partial charge on any atom is -0.484 e. The van der Waals surface area contributed by atoms with Crippen LogP contribution >= 0.6 is 0 Å². The summed E-state index contributed by atoms with van der Waals surface area (Å²) < 4.78 is 5.56. The number of carbonyl (C=O) groups is 1. The lowest BCUT2D eigenvalue weighted by atomic mass is 10.1. The summed E-state index contributed by atoms with van der Waals surface area (Å²) in [5.74, 6) is 0.795. The first-order valence-electron chi connectivity index (χ1n) is 8.56. The number of ether oxygens (including phenoxy) is 1. The van der Waals surface area contributed by atoms with Crippen LogP contribution in [0.5, 0.6) is 5.75 Å². The first-order chi connectivity index (χ1) is 11.8. The molecule has 4 nitrogen and oxygen atoms in total. The number of amides is 1. The molecule has 0 spiro atoms. The highest BCUT2D eigenvalue weighted by Crippen LogP contribution is 2.22. The maximum atomic E-state index is 12.3. The Morgan fingerprint density at radius 3 is 2.33 bits per heavy atom. The Labute approximate surface area is 143 Å². The van der Waals surface area contributed by atoms with Crippen molar-refractivity contribution < 1.29 is 9.53 Å². The molecule has 2 aromatic carbocycles. The predicted octanol–water partition coefficient (Wildman–Crippen LogP) is 2.98. The fraction of sp³-hybridized carbons (Fsp3) is 0.350. The summed E-state index contributed by atoms with van der Waals surface area (Å²) in [5.41, 5.74) is 2.66. The Morgan fingerprint density at radius 2 is 1.62 bits per heavy atom. The Balaban J connectivity index is 1.52. The van der Waals surface area contributed by atoms with E-state index in [1.165, 1.54) is 11.3 Å². The molecule has 1 amide bonds. The van der Waals surface area contributed by atoms with Gasteiger partial charge in [0.2, 0.25) is 0 Å². The van der Waals surface area contributed by atoms with Gasteiger partial charge in [-0.2, -0.15) is 0 Å². The van der Waals surface area contributed by atoms with Gasteiger partial charge in [-0.15, -0.1) is 0 Å². The van der Waals surface area contributed by atoms with E-state index in [4.69, 9.17) is 4.74 Å². The van der Waals surface area contributed by atoms with E-state index in [0.717, 1.165) is 38.3 Å². The number of benzene rings is 2. The molecule has 4 heteroatoms. The zero-order chi connectivity index (χ0) is 16.8. The highest BCUT2D eigenvalue weighted by atomic mass is 16.5. The van der Waals surface area contributed by atoms with Crippen LogP contribution in [0, 0.1) is 0 Å². The van der Waals surface area contributed by atoms with Crippen molar-refractivity contribution in [2.24, 2.45) is 0 Å². The molecule has 0 aromatic heterocycles. The number of carbonyl (C=O) groups excluding carboxylic acids is 1. The number of rotatable bonds is 5. The molecule has 0 atom stereocenters. The third kappa shape index (κ3) is 3.88. The van der Waals surface area contributed by atoms with Crippen molar-refractivity contribution in [3.8, 4) is 5.75 Å². The summed E-state index contributed by atoms with van der Waals surface area (Å²) in [6.07, 6.45) is 1.03. The largest absolute Gasteiger partial charge is 0.484 e. The molecule has 0 bridgehead atoms. The highest BCUT2D eigenvalue weighted by Gasteiger charge is 2.22. The number of piperazine rings is 1. The van der Waals surface area contributed by atoms with Gasteiger partial charge < -0.3 is 14.5 Å². The van der Waals surface area contributed by atoms with E-state index in [1.807, 2.05) is 35.2 Å². The van der Waals surface area contributed by atoms with Crippen molar-refractivity contribution in [2.75, 3.05) is 37.7 Å². The van der Waals surface area contributed by atoms with Crippen molar-refractivity contribution in [1.29, 1.82) is 0 Å². The van der Waals surface area contributed by atoms with Crippen LogP contribution in [0.3, 0.4) is 0 Å². The van der Waals surface area contributed by atoms with Gasteiger partial charge in [-0.05, 0) is 30.2 Å². The summed E-state index contributed by atoms with van der Waals surface area (Å²) in [4.78, 5) is 16.6. The number of hydrogen-bond acceptors (Lipinski definition) is 3. The molecule has 2 aromatic rings. The van der Waals surface area contributed by atoms with Crippen molar-refractivity contribution in [1.82, 2.24) is 4.90 Å². The van der Waals surface area contributed by atoms with Crippen LogP contribution in [-0.4, -0.2) is 43.6 Å². The molecule has 1 aliphatic rings. The van der Waals surface area contributed by atoms with E-state index in [9.17, 15) is 4.79 Å². The quantitative estimate of drug-likeness (QED) is 0.848. The van der Waals surface area contributed by atoms with E-state index >= 15 is 0 Å². The van der Waals surface area contributed by atoms with E-state index in [-0.39, 0.29) is 12.5 Å². The zero-order valence-corrected chi connectivity index (χ0v) is 14.1. The second-order valence-electron chi connectivity index (χ2n) is 5.95. The standard InChI is InChI=1S/C20H24N2O2/c1-2-17-8-6-7-11-19(17)21-12-14-22(15-13-21)20(23)16-24-18-9-4-3-5-10-18/h3-11H,2,12-16H2,1H3. The number of anilines is 1. The average molecular weight is 324 g/mol. The van der Waals surface area contributed by atoms with Gasteiger partial charge in [0.15, 0.2) is 6.61 Å². The first-order valence-corrected chi connectivity index (χ1v) is 8.56. The molecule has 3 rings (SSSR count). The molecule has 24 heavy (non-hydrogen) atoms. The molecule has 0 radical (unpaired) electrons. The van der Waals surface area contributed by atoms with Gasteiger partial charge in [0, 0.05) is 31.9 Å². The molecule has 0 saturated carbocycles. The SMILES string of the molecule is CCc1ccccc1N1CCN(C(=O)COc2ccccc2)CC1. The monoisotopic (exact) mass is 324 g/mol. The minimum atomic E-state index is 0.0577. The fourth-order valence-corrected chi connectivity index (χ4v) is 3.07. The highest BCUT2D eigenvalue weighted by molar-refractivity contribution is 5.78. The first kappa shape index (κ1) is 16.4. The van der Waals surface area contributed by atoms with Gasteiger partial charge >= 0.3 is 0 Å². The van der Waals surface area contributed by atoms with E-state index in [0.29, 0.717) is 0 Å². The van der Waals surface area contributed by atoms with Gasteiger partial charge in [-0.3, -0.25) is 4.79 Å². The predicted molar refractivity (Wildman–Crippen MR) is 96.6 cm³/mol. The average Bonchev–Trinajstić information content (AvgIpc) is 2.67. The van der Waals surface area contributed by atoms with Crippen LogP contribution in [0.4, 0.5) is 5.69 Å². The van der Waals surface area contributed by atoms with Crippen LogP contribution in [0.15, 0.2) is 54.6 Å². The second kappa shape index (κ2) is 7.86. The molecule has 0 aliphatic carbocycles. The molecule has 126 valence electrons. The van der Waals surface area contributed by atoms with Crippen LogP contribution < -0.4 is 9.64 Å². The number of nitrogens with zero attached hydrogens (tertiary/aromatic N) is 2. The lowest BCUT2D eigenvalue weighted by Crippen LogP contribution is -2.50.